The van der Waals surface area contributed by atoms with Gasteiger partial charge in [0.15, 0.2) is 11.2 Å². The fraction of sp³-hybridized carbons (Fsp3) is 0.500. The predicted octanol–water partition coefficient (Wildman–Crippen LogP) is 0.146. The van der Waals surface area contributed by atoms with Gasteiger partial charge in [-0.05, 0) is 12.8 Å². The molecule has 3 rings (SSSR count). The van der Waals surface area contributed by atoms with Crippen molar-refractivity contribution in [1.82, 2.24) is 19.5 Å². The van der Waals surface area contributed by atoms with E-state index in [4.69, 9.17) is 10.5 Å². The van der Waals surface area contributed by atoms with E-state index in [0.717, 1.165) is 6.42 Å². The first-order valence-electron chi connectivity index (χ1n) is 5.86. The molecule has 2 aromatic rings. The second kappa shape index (κ2) is 4.43. The van der Waals surface area contributed by atoms with Gasteiger partial charge in [0.05, 0.1) is 12.4 Å². The van der Waals surface area contributed by atoms with Gasteiger partial charge in [0.25, 0.3) is 5.56 Å². The molecular formula is C10H12N6O3. The van der Waals surface area contributed by atoms with Crippen molar-refractivity contribution in [1.29, 1.82) is 0 Å². The molecule has 2 unspecified atom stereocenters. The lowest BCUT2D eigenvalue weighted by molar-refractivity contribution is 0.00877. The number of hydrogen-bond acceptors (Lipinski definition) is 7. The summed E-state index contributed by atoms with van der Waals surface area (Å²) < 4.78 is 7.33. The topological polar surface area (TPSA) is 128 Å². The monoisotopic (exact) mass is 264 g/mol. The van der Waals surface area contributed by atoms with E-state index in [9.17, 15) is 9.70 Å². The first-order valence-corrected chi connectivity index (χ1v) is 5.86. The van der Waals surface area contributed by atoms with Gasteiger partial charge in [-0.1, -0.05) is 5.18 Å². The van der Waals surface area contributed by atoms with Gasteiger partial charge in [-0.3, -0.25) is 14.3 Å². The number of ether oxygens (including phenoxy) is 1. The number of rotatable bonds is 3. The molecule has 2 aromatic heterocycles. The van der Waals surface area contributed by atoms with Crippen LogP contribution >= 0.6 is 0 Å². The summed E-state index contributed by atoms with van der Waals surface area (Å²) in [6, 6.07) is 0. The number of H-pyrrole nitrogens is 1. The molecule has 1 aliphatic rings. The smallest absolute Gasteiger partial charge is 0.280 e. The fourth-order valence-corrected chi connectivity index (χ4v) is 2.26. The van der Waals surface area contributed by atoms with E-state index in [1.54, 1.807) is 4.57 Å². The van der Waals surface area contributed by atoms with Crippen molar-refractivity contribution in [3.8, 4) is 0 Å². The van der Waals surface area contributed by atoms with Crippen LogP contribution in [0.4, 0.5) is 5.95 Å². The Kier molecular flexibility index (Phi) is 2.75. The van der Waals surface area contributed by atoms with Gasteiger partial charge >= 0.3 is 0 Å². The van der Waals surface area contributed by atoms with Gasteiger partial charge in [0, 0.05) is 0 Å². The van der Waals surface area contributed by atoms with Gasteiger partial charge in [-0.2, -0.15) is 9.89 Å². The Morgan fingerprint density at radius 1 is 1.58 bits per heavy atom. The largest absolute Gasteiger partial charge is 0.369 e. The van der Waals surface area contributed by atoms with E-state index in [2.05, 4.69) is 20.1 Å². The molecule has 19 heavy (non-hydrogen) atoms. The molecule has 1 fully saturated rings. The molecular weight excluding hydrogens is 252 g/mol. The minimum atomic E-state index is -0.384. The lowest BCUT2D eigenvalue weighted by atomic mass is 10.2. The summed E-state index contributed by atoms with van der Waals surface area (Å²) in [4.78, 5) is 32.3. The quantitative estimate of drug-likeness (QED) is 0.759. The number of nitrogens with two attached hydrogens (primary N) is 1. The highest BCUT2D eigenvalue weighted by Gasteiger charge is 2.28. The Balaban J connectivity index is 1.98. The van der Waals surface area contributed by atoms with Gasteiger partial charge in [0.1, 0.15) is 12.8 Å². The van der Waals surface area contributed by atoms with Crippen LogP contribution in [0.1, 0.15) is 19.1 Å². The number of nitrogens with one attached hydrogen (secondary N) is 1. The molecule has 9 heteroatoms. The molecule has 0 saturated carbocycles. The number of aromatic amines is 1. The molecule has 0 aromatic carbocycles. The second-order valence-corrected chi connectivity index (χ2v) is 4.38. The van der Waals surface area contributed by atoms with Crippen LogP contribution in [-0.4, -0.2) is 32.2 Å². The van der Waals surface area contributed by atoms with E-state index in [0.29, 0.717) is 12.1 Å². The molecule has 3 heterocycles. The first kappa shape index (κ1) is 11.8. The number of hydrogen-bond donors (Lipinski definition) is 2. The third kappa shape index (κ3) is 1.97. The van der Waals surface area contributed by atoms with E-state index in [1.807, 2.05) is 0 Å². The second-order valence-electron chi connectivity index (χ2n) is 4.38. The van der Waals surface area contributed by atoms with Crippen molar-refractivity contribution >= 4 is 17.1 Å². The van der Waals surface area contributed by atoms with Crippen LogP contribution in [0, 0.1) is 4.91 Å². The minimum absolute atomic E-state index is 0.0309. The highest BCUT2D eigenvalue weighted by atomic mass is 16.5. The normalized spacial score (nSPS) is 22.9. The summed E-state index contributed by atoms with van der Waals surface area (Å²) in [7, 11) is 0. The maximum Gasteiger partial charge on any atom is 0.280 e. The number of nitrogens with zero attached hydrogens (tertiary/aromatic N) is 4. The molecule has 0 aliphatic carbocycles. The molecule has 0 bridgehead atoms. The maximum atomic E-state index is 11.6. The summed E-state index contributed by atoms with van der Waals surface area (Å²) in [5, 5.41) is 2.83. The van der Waals surface area contributed by atoms with E-state index >= 15 is 0 Å². The number of nitrogen functional groups attached to an aromatic ring is 1. The molecule has 9 nitrogen and oxygen atoms in total. The molecule has 0 amide bonds. The number of imidazole rings is 1. The van der Waals surface area contributed by atoms with Crippen molar-refractivity contribution in [2.75, 3.05) is 12.3 Å². The molecule has 2 atom stereocenters. The SMILES string of the molecule is Nc1nc2c(ncn2C2CCC(CN=O)O2)c(=O)[nH]1. The standard InChI is InChI=1S/C10H12N6O3/c11-10-14-8-7(9(17)15-10)12-4-16(8)6-2-1-5(19-6)3-13-18/h4-6H,1-3H2,(H3,11,14,15,17). The number of nitroso groups, excluding NO2 is 1. The minimum Gasteiger partial charge on any atom is -0.369 e. The van der Waals surface area contributed by atoms with Crippen molar-refractivity contribution < 1.29 is 4.74 Å². The van der Waals surface area contributed by atoms with Crippen molar-refractivity contribution in [2.45, 2.75) is 25.2 Å². The van der Waals surface area contributed by atoms with Gasteiger partial charge < -0.3 is 10.5 Å². The zero-order valence-electron chi connectivity index (χ0n) is 9.94. The predicted molar refractivity (Wildman–Crippen MR) is 66.4 cm³/mol. The average molecular weight is 264 g/mol. The summed E-state index contributed by atoms with van der Waals surface area (Å²) in [5.74, 6) is 0.0309. The Labute approximate surface area is 106 Å². The number of anilines is 1. The third-order valence-electron chi connectivity index (χ3n) is 3.12. The van der Waals surface area contributed by atoms with E-state index in [-0.39, 0.29) is 35.9 Å². The Morgan fingerprint density at radius 2 is 2.42 bits per heavy atom. The Hall–Kier alpha value is -2.29. The Bertz CT molecular complexity index is 677. The van der Waals surface area contributed by atoms with Crippen LogP contribution in [0.25, 0.3) is 11.2 Å². The summed E-state index contributed by atoms with van der Waals surface area (Å²) >= 11 is 0. The van der Waals surface area contributed by atoms with E-state index < -0.39 is 0 Å². The zero-order valence-corrected chi connectivity index (χ0v) is 9.94. The van der Waals surface area contributed by atoms with Crippen LogP contribution in [0.5, 0.6) is 0 Å². The van der Waals surface area contributed by atoms with E-state index in [1.165, 1.54) is 6.33 Å². The summed E-state index contributed by atoms with van der Waals surface area (Å²) in [6.45, 7) is 0.124. The molecule has 1 aliphatic heterocycles. The van der Waals surface area contributed by atoms with Crippen LogP contribution in [0.15, 0.2) is 16.3 Å². The van der Waals surface area contributed by atoms with Gasteiger partial charge in [-0.25, -0.2) is 4.98 Å². The van der Waals surface area contributed by atoms with Crippen molar-refractivity contribution in [3.05, 3.63) is 21.6 Å². The zero-order chi connectivity index (χ0) is 13.4. The summed E-state index contributed by atoms with van der Waals surface area (Å²) in [6.07, 6.45) is 2.44. The molecule has 3 N–H and O–H groups in total. The first-order chi connectivity index (χ1) is 9.19. The van der Waals surface area contributed by atoms with Gasteiger partial charge in [-0.15, -0.1) is 0 Å². The van der Waals surface area contributed by atoms with Crippen molar-refractivity contribution in [3.63, 3.8) is 0 Å². The van der Waals surface area contributed by atoms with Crippen molar-refractivity contribution in [2.24, 2.45) is 5.18 Å². The lowest BCUT2D eigenvalue weighted by Crippen LogP contribution is -2.15. The number of aromatic nitrogens is 4. The van der Waals surface area contributed by atoms with Crippen LogP contribution in [-0.2, 0) is 4.74 Å². The lowest BCUT2D eigenvalue weighted by Gasteiger charge is -2.13. The maximum absolute atomic E-state index is 11.6. The van der Waals surface area contributed by atoms with Crippen LogP contribution in [0.2, 0.25) is 0 Å². The molecule has 100 valence electrons. The Morgan fingerprint density at radius 3 is 3.21 bits per heavy atom. The highest BCUT2D eigenvalue weighted by molar-refractivity contribution is 5.70. The fourth-order valence-electron chi connectivity index (χ4n) is 2.26. The third-order valence-corrected chi connectivity index (χ3v) is 3.12. The average Bonchev–Trinajstić information content (AvgIpc) is 2.95. The highest BCUT2D eigenvalue weighted by Crippen LogP contribution is 2.29. The molecule has 0 spiro atoms. The van der Waals surface area contributed by atoms with Crippen LogP contribution in [0.3, 0.4) is 0 Å². The summed E-state index contributed by atoms with van der Waals surface area (Å²) in [5.41, 5.74) is 5.74. The molecule has 0 radical (unpaired) electrons. The molecule has 1 saturated heterocycles. The van der Waals surface area contributed by atoms with Crippen LogP contribution < -0.4 is 11.3 Å². The van der Waals surface area contributed by atoms with Gasteiger partial charge in [0.2, 0.25) is 5.95 Å². The number of fused-ring (bicyclic) bond motifs is 1.